The van der Waals surface area contributed by atoms with Crippen LogP contribution in [0.15, 0.2) is 23.8 Å². The summed E-state index contributed by atoms with van der Waals surface area (Å²) in [6, 6.07) is 0. The van der Waals surface area contributed by atoms with Gasteiger partial charge in [0.05, 0.1) is 0 Å². The normalized spacial score (nSPS) is 15.1. The van der Waals surface area contributed by atoms with E-state index in [1.54, 1.807) is 0 Å². The summed E-state index contributed by atoms with van der Waals surface area (Å²) in [6.07, 6.45) is 15.1. The van der Waals surface area contributed by atoms with E-state index in [9.17, 15) is 4.79 Å². The van der Waals surface area contributed by atoms with Gasteiger partial charge in [-0.05, 0) is 19.3 Å². The largest absolute Gasteiger partial charge is 0.294 e. The number of ketones is 1. The summed E-state index contributed by atoms with van der Waals surface area (Å²) in [5, 5.41) is 0. The number of hydrogen-bond acceptors (Lipinski definition) is 1. The summed E-state index contributed by atoms with van der Waals surface area (Å²) in [6.45, 7) is 2.21. The SMILES string of the molecule is CCCCCCCC(=O)C1=CCCC=C1. The van der Waals surface area contributed by atoms with Gasteiger partial charge in [-0.25, -0.2) is 0 Å². The molecule has 1 rings (SSSR count). The summed E-state index contributed by atoms with van der Waals surface area (Å²) in [5.74, 6) is 0.336. The second-order valence-corrected chi connectivity index (χ2v) is 4.23. The molecule has 1 heteroatoms. The molecular weight excluding hydrogens is 184 g/mol. The second kappa shape index (κ2) is 7.44. The van der Waals surface area contributed by atoms with Gasteiger partial charge in [0.1, 0.15) is 0 Å². The first-order valence-electron chi connectivity index (χ1n) is 6.24. The van der Waals surface area contributed by atoms with Crippen LogP contribution in [0, 0.1) is 0 Å². The number of carbonyl (C=O) groups is 1. The van der Waals surface area contributed by atoms with Crippen molar-refractivity contribution in [2.24, 2.45) is 0 Å². The molecule has 1 aliphatic rings. The van der Waals surface area contributed by atoms with E-state index in [0.717, 1.165) is 31.3 Å². The van der Waals surface area contributed by atoms with Gasteiger partial charge in [0.25, 0.3) is 0 Å². The van der Waals surface area contributed by atoms with Crippen LogP contribution in [-0.2, 0) is 4.79 Å². The van der Waals surface area contributed by atoms with E-state index in [1.807, 2.05) is 6.08 Å². The van der Waals surface area contributed by atoms with E-state index in [4.69, 9.17) is 0 Å². The van der Waals surface area contributed by atoms with Crippen LogP contribution in [0.4, 0.5) is 0 Å². The zero-order chi connectivity index (χ0) is 10.9. The second-order valence-electron chi connectivity index (χ2n) is 4.23. The molecule has 1 nitrogen and oxygen atoms in total. The number of Topliss-reactive ketones (excluding diaryl/α,β-unsaturated/α-hetero) is 1. The molecule has 0 radical (unpaired) electrons. The molecule has 0 N–H and O–H groups in total. The van der Waals surface area contributed by atoms with Crippen LogP contribution in [0.5, 0.6) is 0 Å². The first-order chi connectivity index (χ1) is 7.34. The van der Waals surface area contributed by atoms with Crippen LogP contribution < -0.4 is 0 Å². The molecule has 0 saturated carbocycles. The average Bonchev–Trinajstić information content (AvgIpc) is 2.30. The summed E-state index contributed by atoms with van der Waals surface area (Å²) in [5.41, 5.74) is 0.941. The highest BCUT2D eigenvalue weighted by atomic mass is 16.1. The standard InChI is InChI=1S/C14H22O/c1-2-3-4-5-9-12-14(15)13-10-7-6-8-11-13/h7,10-11H,2-6,8-9,12H2,1H3. The highest BCUT2D eigenvalue weighted by Crippen LogP contribution is 2.14. The Balaban J connectivity index is 2.13. The van der Waals surface area contributed by atoms with Crippen molar-refractivity contribution < 1.29 is 4.79 Å². The molecule has 0 aliphatic heterocycles. The van der Waals surface area contributed by atoms with Crippen LogP contribution in [0.1, 0.15) is 58.3 Å². The van der Waals surface area contributed by atoms with Gasteiger partial charge in [-0.15, -0.1) is 0 Å². The minimum absolute atomic E-state index is 0.336. The van der Waals surface area contributed by atoms with Gasteiger partial charge in [-0.2, -0.15) is 0 Å². The molecular formula is C14H22O. The Kier molecular flexibility index (Phi) is 6.06. The number of carbonyl (C=O) groups excluding carboxylic acids is 1. The average molecular weight is 206 g/mol. The first kappa shape index (κ1) is 12.2. The van der Waals surface area contributed by atoms with Crippen LogP contribution in [0.25, 0.3) is 0 Å². The van der Waals surface area contributed by atoms with Gasteiger partial charge >= 0.3 is 0 Å². The van der Waals surface area contributed by atoms with Crippen LogP contribution >= 0.6 is 0 Å². The van der Waals surface area contributed by atoms with Crippen molar-refractivity contribution in [2.75, 3.05) is 0 Å². The topological polar surface area (TPSA) is 17.1 Å². The third-order valence-electron chi connectivity index (χ3n) is 2.82. The smallest absolute Gasteiger partial charge is 0.162 e. The molecule has 0 aromatic carbocycles. The first-order valence-corrected chi connectivity index (χ1v) is 6.24. The molecule has 0 bridgehead atoms. The van der Waals surface area contributed by atoms with E-state index in [1.165, 1.54) is 25.7 Å². The summed E-state index contributed by atoms with van der Waals surface area (Å²) in [7, 11) is 0. The molecule has 0 aromatic rings. The fourth-order valence-corrected chi connectivity index (χ4v) is 1.85. The summed E-state index contributed by atoms with van der Waals surface area (Å²) in [4.78, 5) is 11.7. The summed E-state index contributed by atoms with van der Waals surface area (Å²) >= 11 is 0. The number of allylic oxidation sites excluding steroid dienone is 4. The lowest BCUT2D eigenvalue weighted by Gasteiger charge is -2.05. The predicted molar refractivity (Wildman–Crippen MR) is 64.8 cm³/mol. The Morgan fingerprint density at radius 3 is 2.67 bits per heavy atom. The van der Waals surface area contributed by atoms with Crippen molar-refractivity contribution in [2.45, 2.75) is 58.3 Å². The molecule has 0 aromatic heterocycles. The number of rotatable bonds is 7. The van der Waals surface area contributed by atoms with Gasteiger partial charge < -0.3 is 0 Å². The Hall–Kier alpha value is -0.850. The number of unbranched alkanes of at least 4 members (excludes halogenated alkanes) is 4. The van der Waals surface area contributed by atoms with Gasteiger partial charge in [0.2, 0.25) is 0 Å². The molecule has 0 saturated heterocycles. The maximum Gasteiger partial charge on any atom is 0.162 e. The minimum atomic E-state index is 0.336. The van der Waals surface area contributed by atoms with Crippen molar-refractivity contribution >= 4 is 5.78 Å². The highest BCUT2D eigenvalue weighted by Gasteiger charge is 2.07. The minimum Gasteiger partial charge on any atom is -0.294 e. The Morgan fingerprint density at radius 2 is 2.00 bits per heavy atom. The molecule has 15 heavy (non-hydrogen) atoms. The molecule has 1 aliphatic carbocycles. The predicted octanol–water partition coefficient (Wildman–Crippen LogP) is 4.19. The molecule has 0 unspecified atom stereocenters. The van der Waals surface area contributed by atoms with Gasteiger partial charge in [0.15, 0.2) is 5.78 Å². The third-order valence-corrected chi connectivity index (χ3v) is 2.82. The fourth-order valence-electron chi connectivity index (χ4n) is 1.85. The maximum atomic E-state index is 11.7. The summed E-state index contributed by atoms with van der Waals surface area (Å²) < 4.78 is 0. The zero-order valence-electron chi connectivity index (χ0n) is 9.80. The molecule has 0 amide bonds. The highest BCUT2D eigenvalue weighted by molar-refractivity contribution is 5.98. The van der Waals surface area contributed by atoms with Crippen molar-refractivity contribution in [3.63, 3.8) is 0 Å². The lowest BCUT2D eigenvalue weighted by molar-refractivity contribution is -0.115. The van der Waals surface area contributed by atoms with Crippen LogP contribution in [0.3, 0.4) is 0 Å². The maximum absolute atomic E-state index is 11.7. The van der Waals surface area contributed by atoms with E-state index in [2.05, 4.69) is 19.1 Å². The van der Waals surface area contributed by atoms with Crippen molar-refractivity contribution in [1.29, 1.82) is 0 Å². The van der Waals surface area contributed by atoms with Crippen molar-refractivity contribution in [3.05, 3.63) is 23.8 Å². The zero-order valence-corrected chi connectivity index (χ0v) is 9.80. The van der Waals surface area contributed by atoms with Gasteiger partial charge in [-0.3, -0.25) is 4.79 Å². The fraction of sp³-hybridized carbons (Fsp3) is 0.643. The number of hydrogen-bond donors (Lipinski definition) is 0. The van der Waals surface area contributed by atoms with Crippen LogP contribution in [-0.4, -0.2) is 5.78 Å². The third kappa shape index (κ3) is 4.96. The van der Waals surface area contributed by atoms with Gasteiger partial charge in [0, 0.05) is 12.0 Å². The molecule has 0 fully saturated rings. The van der Waals surface area contributed by atoms with Gasteiger partial charge in [-0.1, -0.05) is 50.8 Å². The molecule has 0 heterocycles. The lowest BCUT2D eigenvalue weighted by Crippen LogP contribution is -2.02. The lowest BCUT2D eigenvalue weighted by atomic mass is 9.99. The Morgan fingerprint density at radius 1 is 1.20 bits per heavy atom. The van der Waals surface area contributed by atoms with E-state index < -0.39 is 0 Å². The van der Waals surface area contributed by atoms with Crippen molar-refractivity contribution in [3.8, 4) is 0 Å². The monoisotopic (exact) mass is 206 g/mol. The van der Waals surface area contributed by atoms with Crippen LogP contribution in [0.2, 0.25) is 0 Å². The molecule has 84 valence electrons. The Labute approximate surface area is 93.3 Å². The molecule has 0 spiro atoms. The van der Waals surface area contributed by atoms with E-state index in [-0.39, 0.29) is 0 Å². The quantitative estimate of drug-likeness (QED) is 0.571. The molecule has 0 atom stereocenters. The Bertz CT molecular complexity index is 248. The van der Waals surface area contributed by atoms with Crippen molar-refractivity contribution in [1.82, 2.24) is 0 Å². The van der Waals surface area contributed by atoms with E-state index >= 15 is 0 Å². The van der Waals surface area contributed by atoms with E-state index in [0.29, 0.717) is 5.78 Å².